The highest BCUT2D eigenvalue weighted by Crippen LogP contribution is 2.23. The summed E-state index contributed by atoms with van der Waals surface area (Å²) < 4.78 is 0. The second-order valence-electron chi connectivity index (χ2n) is 7.21. The Morgan fingerprint density at radius 2 is 1.72 bits per heavy atom. The average molecular weight is 432 g/mol. The summed E-state index contributed by atoms with van der Waals surface area (Å²) >= 11 is 12.0. The minimum absolute atomic E-state index is 0.114. The van der Waals surface area contributed by atoms with E-state index in [-0.39, 0.29) is 24.3 Å². The quantitative estimate of drug-likeness (QED) is 0.810. The maximum absolute atomic E-state index is 12.9. The SMILES string of the molecule is O=C1N[C@H](Cc2ccccc2)C(=O)N2CCN(C(=O)c3cc(Cl)cc(Cl)c3)C[C@H]12. The smallest absolute Gasteiger partial charge is 0.254 e. The number of carbonyl (C=O) groups excluding carboxylic acids is 3. The minimum Gasteiger partial charge on any atom is -0.342 e. The van der Waals surface area contributed by atoms with Crippen molar-refractivity contribution >= 4 is 40.9 Å². The van der Waals surface area contributed by atoms with Gasteiger partial charge in [-0.2, -0.15) is 0 Å². The van der Waals surface area contributed by atoms with Crippen molar-refractivity contribution in [3.63, 3.8) is 0 Å². The number of amides is 3. The Morgan fingerprint density at radius 3 is 2.41 bits per heavy atom. The predicted octanol–water partition coefficient (Wildman–Crippen LogP) is 2.39. The lowest BCUT2D eigenvalue weighted by molar-refractivity contribution is -0.152. The molecular formula is C21H19Cl2N3O3. The lowest BCUT2D eigenvalue weighted by atomic mass is 9.98. The largest absolute Gasteiger partial charge is 0.342 e. The molecule has 6 nitrogen and oxygen atoms in total. The second-order valence-corrected chi connectivity index (χ2v) is 8.08. The Kier molecular flexibility index (Phi) is 5.48. The minimum atomic E-state index is -0.693. The fraction of sp³-hybridized carbons (Fsp3) is 0.286. The highest BCUT2D eigenvalue weighted by atomic mass is 35.5. The van der Waals surface area contributed by atoms with Gasteiger partial charge in [0.2, 0.25) is 11.8 Å². The van der Waals surface area contributed by atoms with Gasteiger partial charge in [-0.05, 0) is 23.8 Å². The fourth-order valence-electron chi connectivity index (χ4n) is 3.83. The Labute approximate surface area is 178 Å². The Morgan fingerprint density at radius 1 is 1.03 bits per heavy atom. The van der Waals surface area contributed by atoms with Gasteiger partial charge in [0.15, 0.2) is 0 Å². The standard InChI is InChI=1S/C21H19Cl2N3O3/c22-15-9-14(10-16(23)11-15)20(28)25-6-7-26-18(12-25)19(27)24-17(21(26)29)8-13-4-2-1-3-5-13/h1-5,9-11,17-18H,6-8,12H2,(H,24,27)/t17-,18-/m1/s1. The number of hydrogen-bond donors (Lipinski definition) is 1. The van der Waals surface area contributed by atoms with Crippen LogP contribution in [0.3, 0.4) is 0 Å². The number of nitrogens with zero attached hydrogens (tertiary/aromatic N) is 2. The molecule has 0 aliphatic carbocycles. The van der Waals surface area contributed by atoms with Crippen molar-refractivity contribution in [2.45, 2.75) is 18.5 Å². The number of rotatable bonds is 3. The average Bonchev–Trinajstić information content (AvgIpc) is 2.71. The van der Waals surface area contributed by atoms with Gasteiger partial charge in [0.05, 0.1) is 6.54 Å². The topological polar surface area (TPSA) is 69.7 Å². The molecule has 4 rings (SSSR count). The molecule has 2 atom stereocenters. The summed E-state index contributed by atoms with van der Waals surface area (Å²) in [5, 5.41) is 3.56. The van der Waals surface area contributed by atoms with Gasteiger partial charge in [-0.25, -0.2) is 0 Å². The van der Waals surface area contributed by atoms with Crippen LogP contribution >= 0.6 is 23.2 Å². The molecule has 3 amide bonds. The van der Waals surface area contributed by atoms with E-state index < -0.39 is 12.1 Å². The molecule has 2 aliphatic rings. The molecule has 2 fully saturated rings. The van der Waals surface area contributed by atoms with Crippen molar-refractivity contribution in [1.82, 2.24) is 15.1 Å². The molecule has 0 bridgehead atoms. The first-order valence-corrected chi connectivity index (χ1v) is 10.1. The number of nitrogens with one attached hydrogen (secondary N) is 1. The van der Waals surface area contributed by atoms with Crippen LogP contribution in [0.2, 0.25) is 10.0 Å². The first-order valence-electron chi connectivity index (χ1n) is 9.32. The molecule has 1 N–H and O–H groups in total. The molecule has 0 saturated carbocycles. The van der Waals surface area contributed by atoms with E-state index in [4.69, 9.17) is 23.2 Å². The van der Waals surface area contributed by atoms with E-state index >= 15 is 0 Å². The number of halogens is 2. The van der Waals surface area contributed by atoms with Gasteiger partial charge in [0, 0.05) is 35.1 Å². The maximum Gasteiger partial charge on any atom is 0.254 e. The van der Waals surface area contributed by atoms with Crippen molar-refractivity contribution in [2.75, 3.05) is 19.6 Å². The van der Waals surface area contributed by atoms with Crippen molar-refractivity contribution in [1.29, 1.82) is 0 Å². The third kappa shape index (κ3) is 4.09. The monoisotopic (exact) mass is 431 g/mol. The molecule has 2 aromatic carbocycles. The van der Waals surface area contributed by atoms with Gasteiger partial charge in [-0.1, -0.05) is 53.5 Å². The molecule has 150 valence electrons. The number of hydrogen-bond acceptors (Lipinski definition) is 3. The van der Waals surface area contributed by atoms with E-state index in [9.17, 15) is 14.4 Å². The molecule has 0 unspecified atom stereocenters. The molecule has 2 saturated heterocycles. The zero-order chi connectivity index (χ0) is 20.5. The van der Waals surface area contributed by atoms with Crippen molar-refractivity contribution in [2.24, 2.45) is 0 Å². The van der Waals surface area contributed by atoms with Gasteiger partial charge >= 0.3 is 0 Å². The van der Waals surface area contributed by atoms with Crippen LogP contribution in [0.1, 0.15) is 15.9 Å². The van der Waals surface area contributed by atoms with Crippen LogP contribution in [-0.2, 0) is 16.0 Å². The van der Waals surface area contributed by atoms with Crippen LogP contribution in [-0.4, -0.2) is 59.2 Å². The van der Waals surface area contributed by atoms with Gasteiger partial charge in [-0.3, -0.25) is 14.4 Å². The lowest BCUT2D eigenvalue weighted by Crippen LogP contribution is -2.70. The first kappa shape index (κ1) is 19.7. The van der Waals surface area contributed by atoms with Crippen LogP contribution in [0.5, 0.6) is 0 Å². The summed E-state index contributed by atoms with van der Waals surface area (Å²) in [6, 6.07) is 12.9. The maximum atomic E-state index is 12.9. The van der Waals surface area contributed by atoms with Gasteiger partial charge in [0.1, 0.15) is 12.1 Å². The van der Waals surface area contributed by atoms with E-state index in [0.29, 0.717) is 35.1 Å². The Balaban J connectivity index is 1.47. The Bertz CT molecular complexity index is 947. The normalized spacial score (nSPS) is 21.6. The first-order chi connectivity index (χ1) is 13.9. The third-order valence-corrected chi connectivity index (χ3v) is 5.70. The van der Waals surface area contributed by atoms with Crippen LogP contribution in [0.4, 0.5) is 0 Å². The molecule has 2 aliphatic heterocycles. The zero-order valence-electron chi connectivity index (χ0n) is 15.5. The summed E-state index contributed by atoms with van der Waals surface area (Å²) in [7, 11) is 0. The molecule has 0 aromatic heterocycles. The van der Waals surface area contributed by atoms with Crippen molar-refractivity contribution in [3.05, 3.63) is 69.7 Å². The highest BCUT2D eigenvalue weighted by molar-refractivity contribution is 6.35. The summed E-state index contributed by atoms with van der Waals surface area (Å²) in [6.07, 6.45) is 0.443. The molecule has 2 aromatic rings. The fourth-order valence-corrected chi connectivity index (χ4v) is 4.36. The number of fused-ring (bicyclic) bond motifs is 1. The van der Waals surface area contributed by atoms with Crippen molar-refractivity contribution in [3.8, 4) is 0 Å². The van der Waals surface area contributed by atoms with E-state index in [0.717, 1.165) is 5.56 Å². The van der Waals surface area contributed by atoms with Crippen LogP contribution in [0.25, 0.3) is 0 Å². The molecule has 0 spiro atoms. The lowest BCUT2D eigenvalue weighted by Gasteiger charge is -2.45. The number of piperazine rings is 2. The summed E-state index contributed by atoms with van der Waals surface area (Å²) in [4.78, 5) is 41.6. The number of carbonyl (C=O) groups is 3. The second kappa shape index (κ2) is 8.05. The highest BCUT2D eigenvalue weighted by Gasteiger charge is 2.44. The third-order valence-electron chi connectivity index (χ3n) is 5.26. The predicted molar refractivity (Wildman–Crippen MR) is 110 cm³/mol. The zero-order valence-corrected chi connectivity index (χ0v) is 17.0. The molecular weight excluding hydrogens is 413 g/mol. The summed E-state index contributed by atoms with van der Waals surface area (Å²) in [6.45, 7) is 0.789. The molecule has 0 radical (unpaired) electrons. The molecule has 8 heteroatoms. The van der Waals surface area contributed by atoms with Crippen LogP contribution in [0, 0.1) is 0 Å². The van der Waals surface area contributed by atoms with Crippen LogP contribution in [0.15, 0.2) is 48.5 Å². The number of benzene rings is 2. The van der Waals surface area contributed by atoms with Gasteiger partial charge in [0.25, 0.3) is 5.91 Å². The Hall–Kier alpha value is -2.57. The molecule has 2 heterocycles. The van der Waals surface area contributed by atoms with Gasteiger partial charge in [-0.15, -0.1) is 0 Å². The van der Waals surface area contributed by atoms with Crippen molar-refractivity contribution < 1.29 is 14.4 Å². The summed E-state index contributed by atoms with van der Waals surface area (Å²) in [5.74, 6) is -0.621. The summed E-state index contributed by atoms with van der Waals surface area (Å²) in [5.41, 5.74) is 1.34. The van der Waals surface area contributed by atoms with E-state index in [1.807, 2.05) is 30.3 Å². The van der Waals surface area contributed by atoms with E-state index in [2.05, 4.69) is 5.32 Å². The van der Waals surface area contributed by atoms with E-state index in [1.165, 1.54) is 0 Å². The van der Waals surface area contributed by atoms with E-state index in [1.54, 1.807) is 28.0 Å². The van der Waals surface area contributed by atoms with Gasteiger partial charge < -0.3 is 15.1 Å². The van der Waals surface area contributed by atoms with Crippen LogP contribution < -0.4 is 5.32 Å². The molecule has 29 heavy (non-hydrogen) atoms.